The van der Waals surface area contributed by atoms with Gasteiger partial charge in [-0.2, -0.15) is 0 Å². The molecule has 1 amide bonds. The number of carboxylic acid groups (broad SMARTS) is 1. The number of aliphatic hydroxyl groups excluding tert-OH is 1. The van der Waals surface area contributed by atoms with Gasteiger partial charge in [-0.1, -0.05) is 0 Å². The largest absolute Gasteiger partial charge is 0.480 e. The molecule has 0 unspecified atom stereocenters. The van der Waals surface area contributed by atoms with E-state index in [0.29, 0.717) is 5.69 Å². The second kappa shape index (κ2) is 4.17. The number of β-amino-alcohol motifs (C(OH)–C–C–N with tert-alkyl or cyclic N) is 1. The van der Waals surface area contributed by atoms with Gasteiger partial charge >= 0.3 is 5.97 Å². The molecule has 17 heavy (non-hydrogen) atoms. The Morgan fingerprint density at radius 1 is 1.59 bits per heavy atom. The van der Waals surface area contributed by atoms with Crippen LogP contribution in [0.25, 0.3) is 0 Å². The van der Waals surface area contributed by atoms with E-state index in [0.717, 1.165) is 11.3 Å². The molecule has 92 valence electrons. The van der Waals surface area contributed by atoms with Crippen molar-refractivity contribution >= 4 is 11.9 Å². The Bertz CT molecular complexity index is 455. The Morgan fingerprint density at radius 3 is 2.82 bits per heavy atom. The standard InChI is InChI=1S/C10H12N2O5/c1-5-8(17-4-11-5)9(14)12-3-6(13)2-7(12)10(15)16/h4,6-7,13H,2-3H2,1H3,(H,15,16)/t6-,7-/m0/s1. The molecule has 1 fully saturated rings. The summed E-state index contributed by atoms with van der Waals surface area (Å²) in [6.45, 7) is 1.59. The number of hydrogen-bond donors (Lipinski definition) is 2. The van der Waals surface area contributed by atoms with Crippen LogP contribution in [0.3, 0.4) is 0 Å². The van der Waals surface area contributed by atoms with E-state index in [4.69, 9.17) is 9.52 Å². The van der Waals surface area contributed by atoms with Crippen molar-refractivity contribution in [3.63, 3.8) is 0 Å². The van der Waals surface area contributed by atoms with Crippen LogP contribution in [0.15, 0.2) is 10.8 Å². The van der Waals surface area contributed by atoms with Crippen molar-refractivity contribution in [2.75, 3.05) is 6.54 Å². The minimum absolute atomic E-state index is 0.00403. The molecule has 2 heterocycles. The number of nitrogens with zero attached hydrogens (tertiary/aromatic N) is 2. The van der Waals surface area contributed by atoms with Crippen LogP contribution in [0.5, 0.6) is 0 Å². The summed E-state index contributed by atoms with van der Waals surface area (Å²) in [7, 11) is 0. The molecular formula is C10H12N2O5. The number of carboxylic acids is 1. The number of aryl methyl sites for hydroxylation is 1. The summed E-state index contributed by atoms with van der Waals surface area (Å²) >= 11 is 0. The third-order valence-corrected chi connectivity index (χ3v) is 2.76. The lowest BCUT2D eigenvalue weighted by atomic mass is 10.2. The first kappa shape index (κ1) is 11.6. The van der Waals surface area contributed by atoms with Gasteiger partial charge < -0.3 is 19.5 Å². The number of rotatable bonds is 2. The zero-order valence-electron chi connectivity index (χ0n) is 9.16. The number of carbonyl (C=O) groups is 2. The minimum atomic E-state index is -1.13. The van der Waals surface area contributed by atoms with Gasteiger partial charge in [-0.25, -0.2) is 9.78 Å². The highest BCUT2D eigenvalue weighted by Gasteiger charge is 2.40. The third-order valence-electron chi connectivity index (χ3n) is 2.76. The fourth-order valence-corrected chi connectivity index (χ4v) is 1.91. The van der Waals surface area contributed by atoms with Gasteiger partial charge in [0.2, 0.25) is 5.76 Å². The predicted octanol–water partition coefficient (Wildman–Crippen LogP) is -0.357. The van der Waals surface area contributed by atoms with E-state index in [1.165, 1.54) is 0 Å². The molecule has 0 bridgehead atoms. The van der Waals surface area contributed by atoms with Gasteiger partial charge in [0.05, 0.1) is 11.8 Å². The second-order valence-electron chi connectivity index (χ2n) is 3.97. The Morgan fingerprint density at radius 2 is 2.29 bits per heavy atom. The first-order valence-electron chi connectivity index (χ1n) is 5.12. The molecule has 1 aliphatic rings. The molecule has 1 saturated heterocycles. The average molecular weight is 240 g/mol. The van der Waals surface area contributed by atoms with E-state index < -0.39 is 24.0 Å². The number of hydrogen-bond acceptors (Lipinski definition) is 5. The lowest BCUT2D eigenvalue weighted by molar-refractivity contribution is -0.141. The van der Waals surface area contributed by atoms with Crippen molar-refractivity contribution in [1.29, 1.82) is 0 Å². The van der Waals surface area contributed by atoms with Crippen LogP contribution in [0, 0.1) is 6.92 Å². The summed E-state index contributed by atoms with van der Waals surface area (Å²) in [4.78, 5) is 27.8. The van der Waals surface area contributed by atoms with Crippen molar-refractivity contribution in [2.24, 2.45) is 0 Å². The topological polar surface area (TPSA) is 104 Å². The highest BCUT2D eigenvalue weighted by molar-refractivity contribution is 5.95. The van der Waals surface area contributed by atoms with E-state index in [1.54, 1.807) is 6.92 Å². The maximum Gasteiger partial charge on any atom is 0.326 e. The summed E-state index contributed by atoms with van der Waals surface area (Å²) in [5.74, 6) is -1.67. The average Bonchev–Trinajstić information content (AvgIpc) is 2.83. The van der Waals surface area contributed by atoms with E-state index in [2.05, 4.69) is 4.98 Å². The van der Waals surface area contributed by atoms with Crippen molar-refractivity contribution < 1.29 is 24.2 Å². The van der Waals surface area contributed by atoms with Crippen LogP contribution in [0.2, 0.25) is 0 Å². The molecule has 0 saturated carbocycles. The van der Waals surface area contributed by atoms with Crippen LogP contribution in [0.4, 0.5) is 0 Å². The molecule has 2 N–H and O–H groups in total. The van der Waals surface area contributed by atoms with E-state index >= 15 is 0 Å². The van der Waals surface area contributed by atoms with Gasteiger partial charge in [0.15, 0.2) is 6.39 Å². The van der Waals surface area contributed by atoms with Gasteiger partial charge in [-0.05, 0) is 6.92 Å². The van der Waals surface area contributed by atoms with Crippen molar-refractivity contribution in [1.82, 2.24) is 9.88 Å². The molecule has 7 heteroatoms. The van der Waals surface area contributed by atoms with Crippen LogP contribution < -0.4 is 0 Å². The predicted molar refractivity (Wildman–Crippen MR) is 54.3 cm³/mol. The van der Waals surface area contributed by atoms with Gasteiger partial charge in [0, 0.05) is 13.0 Å². The van der Waals surface area contributed by atoms with E-state index in [9.17, 15) is 14.7 Å². The molecule has 1 aromatic heterocycles. The van der Waals surface area contributed by atoms with Gasteiger partial charge in [0.25, 0.3) is 5.91 Å². The zero-order valence-corrected chi connectivity index (χ0v) is 9.16. The minimum Gasteiger partial charge on any atom is -0.480 e. The maximum atomic E-state index is 12.0. The summed E-state index contributed by atoms with van der Waals surface area (Å²) in [5.41, 5.74) is 0.403. The van der Waals surface area contributed by atoms with Crippen molar-refractivity contribution in [3.05, 3.63) is 17.8 Å². The fourth-order valence-electron chi connectivity index (χ4n) is 1.91. The van der Waals surface area contributed by atoms with Gasteiger partial charge in [-0.15, -0.1) is 0 Å². The lowest BCUT2D eigenvalue weighted by Gasteiger charge is -2.19. The summed E-state index contributed by atoms with van der Waals surface area (Å²) in [6.07, 6.45) is 0.349. The molecule has 0 radical (unpaired) electrons. The van der Waals surface area contributed by atoms with Crippen molar-refractivity contribution in [3.8, 4) is 0 Å². The summed E-state index contributed by atoms with van der Waals surface area (Å²) < 4.78 is 4.92. The molecule has 0 spiro atoms. The molecule has 0 aromatic carbocycles. The quantitative estimate of drug-likeness (QED) is 0.731. The van der Waals surface area contributed by atoms with E-state index in [1.807, 2.05) is 0 Å². The maximum absolute atomic E-state index is 12.0. The molecule has 1 aromatic rings. The fraction of sp³-hybridized carbons (Fsp3) is 0.500. The molecule has 2 atom stereocenters. The zero-order chi connectivity index (χ0) is 12.6. The third kappa shape index (κ3) is 2.01. The molecule has 1 aliphatic heterocycles. The summed E-state index contributed by atoms with van der Waals surface area (Å²) in [6, 6.07) is -1.01. The molecular weight excluding hydrogens is 228 g/mol. The highest BCUT2D eigenvalue weighted by Crippen LogP contribution is 2.21. The van der Waals surface area contributed by atoms with Gasteiger partial charge in [0.1, 0.15) is 6.04 Å². The van der Waals surface area contributed by atoms with Crippen LogP contribution in [-0.4, -0.2) is 50.7 Å². The highest BCUT2D eigenvalue weighted by atomic mass is 16.4. The Labute approximate surface area is 96.7 Å². The number of likely N-dealkylation sites (tertiary alicyclic amines) is 1. The molecule has 0 aliphatic carbocycles. The Kier molecular flexibility index (Phi) is 2.84. The Hall–Kier alpha value is -1.89. The first-order valence-corrected chi connectivity index (χ1v) is 5.12. The van der Waals surface area contributed by atoms with E-state index in [-0.39, 0.29) is 18.7 Å². The van der Waals surface area contributed by atoms with Crippen LogP contribution in [-0.2, 0) is 4.79 Å². The summed E-state index contributed by atoms with van der Waals surface area (Å²) in [5, 5.41) is 18.4. The number of carbonyl (C=O) groups excluding carboxylic acids is 1. The SMILES string of the molecule is Cc1ncoc1C(=O)N1C[C@@H](O)C[C@H]1C(=O)O. The van der Waals surface area contributed by atoms with Crippen molar-refractivity contribution in [2.45, 2.75) is 25.5 Å². The number of aromatic nitrogens is 1. The van der Waals surface area contributed by atoms with Gasteiger partial charge in [-0.3, -0.25) is 4.79 Å². The number of oxazole rings is 1. The lowest BCUT2D eigenvalue weighted by Crippen LogP contribution is -2.40. The Balaban J connectivity index is 2.25. The van der Waals surface area contributed by atoms with Crippen LogP contribution in [0.1, 0.15) is 22.7 Å². The number of amides is 1. The molecule has 2 rings (SSSR count). The second-order valence-corrected chi connectivity index (χ2v) is 3.97. The number of aliphatic carboxylic acids is 1. The molecule has 7 nitrogen and oxygen atoms in total. The van der Waals surface area contributed by atoms with Crippen LogP contribution >= 0.6 is 0 Å². The smallest absolute Gasteiger partial charge is 0.326 e. The first-order chi connectivity index (χ1) is 8.00. The monoisotopic (exact) mass is 240 g/mol. The number of aliphatic hydroxyl groups is 1. The normalized spacial score (nSPS) is 24.0.